The second-order valence-corrected chi connectivity index (χ2v) is 6.53. The van der Waals surface area contributed by atoms with Gasteiger partial charge in [-0.3, -0.25) is 9.59 Å². The zero-order valence-electron chi connectivity index (χ0n) is 15.3. The molecule has 6 nitrogen and oxygen atoms in total. The number of carbonyl (C=O) groups is 2. The van der Waals surface area contributed by atoms with Crippen molar-refractivity contribution in [3.63, 3.8) is 0 Å². The number of hydrogen-bond acceptors (Lipinski definition) is 4. The standard InChI is InChI=1S/C20H26N2O4/c1-15(2)8-9-19(23)21-12-20(24)22-17-6-3-5-16(11-17)13-25-14-18-7-4-10-26-18/h3-7,10-11,15H,8-9,12-14H2,1-2H3,(H,21,23)(H,22,24). The van der Waals surface area contributed by atoms with Crippen LogP contribution in [0.4, 0.5) is 5.69 Å². The van der Waals surface area contributed by atoms with Crippen molar-refractivity contribution in [2.45, 2.75) is 39.9 Å². The molecule has 1 aromatic carbocycles. The highest BCUT2D eigenvalue weighted by Gasteiger charge is 2.07. The second-order valence-electron chi connectivity index (χ2n) is 6.53. The fourth-order valence-corrected chi connectivity index (χ4v) is 2.30. The molecule has 0 fully saturated rings. The smallest absolute Gasteiger partial charge is 0.243 e. The lowest BCUT2D eigenvalue weighted by molar-refractivity contribution is -0.124. The predicted molar refractivity (Wildman–Crippen MR) is 99.4 cm³/mol. The summed E-state index contributed by atoms with van der Waals surface area (Å²) < 4.78 is 10.8. The summed E-state index contributed by atoms with van der Waals surface area (Å²) in [4.78, 5) is 23.6. The molecule has 0 atom stereocenters. The number of benzene rings is 1. The Morgan fingerprint density at radius 3 is 2.69 bits per heavy atom. The lowest BCUT2D eigenvalue weighted by Gasteiger charge is -2.09. The van der Waals surface area contributed by atoms with Gasteiger partial charge in [0.15, 0.2) is 0 Å². The average Bonchev–Trinajstić information content (AvgIpc) is 3.12. The molecule has 6 heteroatoms. The highest BCUT2D eigenvalue weighted by Crippen LogP contribution is 2.13. The van der Waals surface area contributed by atoms with E-state index in [1.54, 1.807) is 12.3 Å². The summed E-state index contributed by atoms with van der Waals surface area (Å²) in [7, 11) is 0. The summed E-state index contributed by atoms with van der Waals surface area (Å²) in [5, 5.41) is 5.42. The Labute approximate surface area is 153 Å². The first-order valence-electron chi connectivity index (χ1n) is 8.78. The van der Waals surface area contributed by atoms with Gasteiger partial charge < -0.3 is 19.8 Å². The molecule has 26 heavy (non-hydrogen) atoms. The van der Waals surface area contributed by atoms with Crippen LogP contribution < -0.4 is 10.6 Å². The van der Waals surface area contributed by atoms with Crippen molar-refractivity contribution < 1.29 is 18.7 Å². The van der Waals surface area contributed by atoms with Gasteiger partial charge in [-0.05, 0) is 42.2 Å². The molecule has 0 aliphatic rings. The molecule has 0 aliphatic carbocycles. The van der Waals surface area contributed by atoms with Crippen molar-refractivity contribution in [1.29, 1.82) is 0 Å². The molecule has 2 N–H and O–H groups in total. The van der Waals surface area contributed by atoms with Crippen molar-refractivity contribution in [2.24, 2.45) is 5.92 Å². The molecular weight excluding hydrogens is 332 g/mol. The van der Waals surface area contributed by atoms with Crippen LogP contribution >= 0.6 is 0 Å². The molecule has 2 rings (SSSR count). The maximum absolute atomic E-state index is 12.0. The minimum absolute atomic E-state index is 0.0316. The highest BCUT2D eigenvalue weighted by molar-refractivity contribution is 5.94. The molecule has 2 aromatic rings. The van der Waals surface area contributed by atoms with Crippen molar-refractivity contribution in [3.05, 3.63) is 54.0 Å². The summed E-state index contributed by atoms with van der Waals surface area (Å²) >= 11 is 0. The number of nitrogens with one attached hydrogen (secondary N) is 2. The first-order chi connectivity index (χ1) is 12.5. The molecule has 0 spiro atoms. The molecule has 0 aliphatic heterocycles. The van der Waals surface area contributed by atoms with Gasteiger partial charge in [0.05, 0.1) is 19.4 Å². The molecule has 2 amide bonds. The van der Waals surface area contributed by atoms with Crippen LogP contribution in [0.25, 0.3) is 0 Å². The minimum Gasteiger partial charge on any atom is -0.467 e. The maximum Gasteiger partial charge on any atom is 0.243 e. The van der Waals surface area contributed by atoms with E-state index in [1.807, 2.05) is 30.3 Å². The number of furan rings is 1. The Hall–Kier alpha value is -2.60. The van der Waals surface area contributed by atoms with Crippen LogP contribution in [0.3, 0.4) is 0 Å². The summed E-state index contributed by atoms with van der Waals surface area (Å²) in [5.41, 5.74) is 1.61. The number of rotatable bonds is 10. The quantitative estimate of drug-likeness (QED) is 0.681. The molecule has 0 unspecified atom stereocenters. The lowest BCUT2D eigenvalue weighted by Crippen LogP contribution is -2.32. The topological polar surface area (TPSA) is 80.6 Å². The normalized spacial score (nSPS) is 10.7. The maximum atomic E-state index is 12.0. The van der Waals surface area contributed by atoms with Crippen LogP contribution in [0.1, 0.15) is 38.0 Å². The van der Waals surface area contributed by atoms with E-state index in [4.69, 9.17) is 9.15 Å². The zero-order chi connectivity index (χ0) is 18.8. The third-order valence-corrected chi connectivity index (χ3v) is 3.70. The third kappa shape index (κ3) is 7.53. The Balaban J connectivity index is 1.72. The van der Waals surface area contributed by atoms with Gasteiger partial charge in [0.2, 0.25) is 11.8 Å². The van der Waals surface area contributed by atoms with Gasteiger partial charge in [-0.1, -0.05) is 26.0 Å². The summed E-state index contributed by atoms with van der Waals surface area (Å²) in [6.45, 7) is 4.90. The van der Waals surface area contributed by atoms with Crippen LogP contribution in [0.5, 0.6) is 0 Å². The summed E-state index contributed by atoms with van der Waals surface area (Å²) in [6, 6.07) is 11.1. The van der Waals surface area contributed by atoms with E-state index in [9.17, 15) is 9.59 Å². The Morgan fingerprint density at radius 1 is 1.12 bits per heavy atom. The highest BCUT2D eigenvalue weighted by atomic mass is 16.5. The van der Waals surface area contributed by atoms with Gasteiger partial charge in [0.25, 0.3) is 0 Å². The van der Waals surface area contributed by atoms with Gasteiger partial charge in [-0.25, -0.2) is 0 Å². The van der Waals surface area contributed by atoms with Crippen LogP contribution in [0, 0.1) is 5.92 Å². The van der Waals surface area contributed by atoms with Crippen LogP contribution in [0.2, 0.25) is 0 Å². The van der Waals surface area contributed by atoms with Crippen molar-refractivity contribution >= 4 is 17.5 Å². The largest absolute Gasteiger partial charge is 0.467 e. The van der Waals surface area contributed by atoms with E-state index in [2.05, 4.69) is 24.5 Å². The average molecular weight is 358 g/mol. The van der Waals surface area contributed by atoms with Crippen molar-refractivity contribution in [1.82, 2.24) is 5.32 Å². The van der Waals surface area contributed by atoms with Crippen LogP contribution in [0.15, 0.2) is 47.1 Å². The van der Waals surface area contributed by atoms with Gasteiger partial charge >= 0.3 is 0 Å². The van der Waals surface area contributed by atoms with Gasteiger partial charge in [0, 0.05) is 12.1 Å². The van der Waals surface area contributed by atoms with Gasteiger partial charge in [-0.2, -0.15) is 0 Å². The van der Waals surface area contributed by atoms with E-state index in [1.165, 1.54) is 0 Å². The number of amides is 2. The van der Waals surface area contributed by atoms with E-state index in [0.29, 0.717) is 31.2 Å². The molecule has 0 bridgehead atoms. The molecule has 1 aromatic heterocycles. The molecule has 0 saturated heterocycles. The number of anilines is 1. The Kier molecular flexibility index (Phi) is 7.89. The predicted octanol–water partition coefficient (Wildman–Crippen LogP) is 3.49. The Morgan fingerprint density at radius 2 is 1.96 bits per heavy atom. The Bertz CT molecular complexity index is 696. The second kappa shape index (κ2) is 10.4. The molecule has 1 heterocycles. The van der Waals surface area contributed by atoms with E-state index >= 15 is 0 Å². The molecule has 140 valence electrons. The van der Waals surface area contributed by atoms with E-state index in [0.717, 1.165) is 17.7 Å². The summed E-state index contributed by atoms with van der Waals surface area (Å²) in [6.07, 6.45) is 2.86. The van der Waals surface area contributed by atoms with E-state index in [-0.39, 0.29) is 18.4 Å². The number of carbonyl (C=O) groups excluding carboxylic acids is 2. The van der Waals surface area contributed by atoms with Crippen molar-refractivity contribution in [2.75, 3.05) is 11.9 Å². The van der Waals surface area contributed by atoms with Crippen molar-refractivity contribution in [3.8, 4) is 0 Å². The number of hydrogen-bond donors (Lipinski definition) is 2. The molecular formula is C20H26N2O4. The molecule has 0 radical (unpaired) electrons. The fourth-order valence-electron chi connectivity index (χ4n) is 2.30. The summed E-state index contributed by atoms with van der Waals surface area (Å²) in [5.74, 6) is 0.875. The zero-order valence-corrected chi connectivity index (χ0v) is 15.3. The lowest BCUT2D eigenvalue weighted by atomic mass is 10.1. The fraction of sp³-hybridized carbons (Fsp3) is 0.400. The first-order valence-corrected chi connectivity index (χ1v) is 8.78. The SMILES string of the molecule is CC(C)CCC(=O)NCC(=O)Nc1cccc(COCc2ccco2)c1. The van der Waals surface area contributed by atoms with Crippen LogP contribution in [-0.2, 0) is 27.5 Å². The van der Waals surface area contributed by atoms with Gasteiger partial charge in [-0.15, -0.1) is 0 Å². The minimum atomic E-state index is -0.253. The molecule has 0 saturated carbocycles. The number of ether oxygens (including phenoxy) is 1. The monoisotopic (exact) mass is 358 g/mol. The van der Waals surface area contributed by atoms with Gasteiger partial charge in [0.1, 0.15) is 12.4 Å². The third-order valence-electron chi connectivity index (χ3n) is 3.70. The first kappa shape index (κ1) is 19.7. The van der Waals surface area contributed by atoms with E-state index < -0.39 is 0 Å². The van der Waals surface area contributed by atoms with Crippen LogP contribution in [-0.4, -0.2) is 18.4 Å².